The van der Waals surface area contributed by atoms with Crippen LogP contribution < -0.4 is 5.32 Å². The first-order valence-electron chi connectivity index (χ1n) is 6.28. The summed E-state index contributed by atoms with van der Waals surface area (Å²) >= 11 is 0. The highest BCUT2D eigenvalue weighted by atomic mass is 15.1. The fourth-order valence-electron chi connectivity index (χ4n) is 2.07. The maximum Gasteiger partial charge on any atom is 0.0951 e. The van der Waals surface area contributed by atoms with Crippen molar-refractivity contribution >= 4 is 0 Å². The molecule has 0 radical (unpaired) electrons. The number of benzene rings is 1. The van der Waals surface area contributed by atoms with Gasteiger partial charge in [-0.2, -0.15) is 0 Å². The molecule has 0 spiro atoms. The summed E-state index contributed by atoms with van der Waals surface area (Å²) in [5, 5.41) is 3.32. The van der Waals surface area contributed by atoms with E-state index < -0.39 is 0 Å². The van der Waals surface area contributed by atoms with Crippen LogP contribution in [-0.4, -0.2) is 16.6 Å². The highest BCUT2D eigenvalue weighted by molar-refractivity contribution is 5.26. The van der Waals surface area contributed by atoms with Crippen LogP contribution in [0.15, 0.2) is 36.8 Å². The van der Waals surface area contributed by atoms with E-state index in [1.807, 2.05) is 19.6 Å². The van der Waals surface area contributed by atoms with Gasteiger partial charge in [-0.15, -0.1) is 0 Å². The first-order chi connectivity index (χ1) is 8.54. The van der Waals surface area contributed by atoms with E-state index in [0.29, 0.717) is 0 Å². The zero-order valence-electron chi connectivity index (χ0n) is 11.6. The van der Waals surface area contributed by atoms with Crippen LogP contribution >= 0.6 is 0 Å². The number of rotatable bonds is 4. The lowest BCUT2D eigenvalue weighted by molar-refractivity contribution is 0.413. The number of hydrogen-bond donors (Lipinski definition) is 1. The van der Waals surface area contributed by atoms with Gasteiger partial charge in [0.25, 0.3) is 0 Å². The molecule has 1 heterocycles. The third kappa shape index (κ3) is 2.46. The lowest BCUT2D eigenvalue weighted by Crippen LogP contribution is -2.35. The van der Waals surface area contributed by atoms with Crippen molar-refractivity contribution < 1.29 is 0 Å². The summed E-state index contributed by atoms with van der Waals surface area (Å²) in [4.78, 5) is 4.29. The van der Waals surface area contributed by atoms with E-state index >= 15 is 0 Å². The van der Waals surface area contributed by atoms with Gasteiger partial charge < -0.3 is 9.88 Å². The molecule has 0 saturated heterocycles. The van der Waals surface area contributed by atoms with E-state index in [-0.39, 0.29) is 5.54 Å². The van der Waals surface area contributed by atoms with Crippen molar-refractivity contribution in [1.82, 2.24) is 14.9 Å². The van der Waals surface area contributed by atoms with E-state index in [1.165, 1.54) is 16.8 Å². The number of nitrogens with zero attached hydrogens (tertiary/aromatic N) is 2. The molecule has 0 bridgehead atoms. The van der Waals surface area contributed by atoms with Crippen LogP contribution in [-0.2, 0) is 12.1 Å². The van der Waals surface area contributed by atoms with Crippen molar-refractivity contribution in [1.29, 1.82) is 0 Å². The minimum Gasteiger partial charge on any atom is -0.328 e. The molecule has 0 unspecified atom stereocenters. The van der Waals surface area contributed by atoms with Crippen LogP contribution in [0.1, 0.15) is 30.7 Å². The molecule has 0 atom stereocenters. The van der Waals surface area contributed by atoms with Gasteiger partial charge in [0.15, 0.2) is 0 Å². The monoisotopic (exact) mass is 243 g/mol. The highest BCUT2D eigenvalue weighted by Gasteiger charge is 2.22. The number of hydrogen-bond acceptors (Lipinski definition) is 2. The van der Waals surface area contributed by atoms with Crippen LogP contribution in [0.3, 0.4) is 0 Å². The fourth-order valence-corrected chi connectivity index (χ4v) is 2.07. The summed E-state index contributed by atoms with van der Waals surface area (Å²) in [6, 6.07) is 8.48. The summed E-state index contributed by atoms with van der Waals surface area (Å²) in [6.07, 6.45) is 3.84. The molecule has 3 nitrogen and oxygen atoms in total. The second kappa shape index (κ2) is 4.94. The van der Waals surface area contributed by atoms with Crippen LogP contribution in [0.2, 0.25) is 0 Å². The predicted molar refractivity (Wildman–Crippen MR) is 74.6 cm³/mol. The number of aryl methyl sites for hydroxylation is 1. The van der Waals surface area contributed by atoms with Gasteiger partial charge in [-0.1, -0.05) is 24.3 Å². The maximum absolute atomic E-state index is 4.29. The molecule has 1 aromatic carbocycles. The van der Waals surface area contributed by atoms with Crippen LogP contribution in [0.5, 0.6) is 0 Å². The molecule has 0 aliphatic heterocycles. The van der Waals surface area contributed by atoms with Crippen molar-refractivity contribution in [2.45, 2.75) is 32.9 Å². The Morgan fingerprint density at radius 1 is 1.28 bits per heavy atom. The van der Waals surface area contributed by atoms with Gasteiger partial charge in [0.2, 0.25) is 0 Å². The molecule has 96 valence electrons. The second-order valence-corrected chi connectivity index (χ2v) is 5.21. The minimum absolute atomic E-state index is 0.0703. The normalized spacial score (nSPS) is 11.8. The Kier molecular flexibility index (Phi) is 3.53. The lowest BCUT2D eigenvalue weighted by Gasteiger charge is -2.25. The van der Waals surface area contributed by atoms with Gasteiger partial charge in [0.1, 0.15) is 0 Å². The van der Waals surface area contributed by atoms with E-state index in [4.69, 9.17) is 0 Å². The highest BCUT2D eigenvalue weighted by Crippen LogP contribution is 2.20. The van der Waals surface area contributed by atoms with E-state index in [2.05, 4.69) is 59.9 Å². The van der Waals surface area contributed by atoms with Crippen molar-refractivity contribution in [2.24, 2.45) is 0 Å². The summed E-state index contributed by atoms with van der Waals surface area (Å²) < 4.78 is 2.21. The predicted octanol–water partition coefficient (Wildman–Crippen LogP) is 2.69. The van der Waals surface area contributed by atoms with Crippen molar-refractivity contribution in [2.75, 3.05) is 7.05 Å². The zero-order valence-corrected chi connectivity index (χ0v) is 11.6. The Morgan fingerprint density at radius 2 is 2.00 bits per heavy atom. The summed E-state index contributed by atoms with van der Waals surface area (Å²) in [6.45, 7) is 7.35. The first-order valence-corrected chi connectivity index (χ1v) is 6.28. The molecule has 0 aliphatic carbocycles. The van der Waals surface area contributed by atoms with Crippen LogP contribution in [0, 0.1) is 6.92 Å². The van der Waals surface area contributed by atoms with Gasteiger partial charge in [-0.3, -0.25) is 0 Å². The second-order valence-electron chi connectivity index (χ2n) is 5.21. The average molecular weight is 243 g/mol. The Balaban J connectivity index is 2.32. The number of aromatic nitrogens is 2. The fraction of sp³-hybridized carbons (Fsp3) is 0.400. The Hall–Kier alpha value is -1.61. The summed E-state index contributed by atoms with van der Waals surface area (Å²) in [7, 11) is 1.98. The molecule has 0 fully saturated rings. The largest absolute Gasteiger partial charge is 0.328 e. The van der Waals surface area contributed by atoms with Crippen molar-refractivity contribution in [3.05, 3.63) is 53.6 Å². The number of nitrogens with one attached hydrogen (secondary N) is 1. The Labute approximate surface area is 109 Å². The third-order valence-electron chi connectivity index (χ3n) is 3.58. The summed E-state index contributed by atoms with van der Waals surface area (Å²) in [5.41, 5.74) is 3.79. The van der Waals surface area contributed by atoms with Crippen LogP contribution in [0.25, 0.3) is 0 Å². The third-order valence-corrected chi connectivity index (χ3v) is 3.58. The Bertz CT molecular complexity index is 526. The first kappa shape index (κ1) is 12.8. The van der Waals surface area contributed by atoms with Crippen LogP contribution in [0.4, 0.5) is 0 Å². The van der Waals surface area contributed by atoms with Gasteiger partial charge in [0, 0.05) is 6.54 Å². The van der Waals surface area contributed by atoms with E-state index in [1.54, 1.807) is 0 Å². The van der Waals surface area contributed by atoms with Gasteiger partial charge in [0.05, 0.1) is 23.8 Å². The van der Waals surface area contributed by atoms with Gasteiger partial charge >= 0.3 is 0 Å². The molecule has 0 amide bonds. The molecule has 0 aliphatic rings. The minimum atomic E-state index is -0.0703. The standard InChI is InChI=1S/C15H21N3/c1-12-7-5-6-8-13(12)10-18-11-17-9-14(18)15(2,3)16-4/h5-9,11,16H,10H2,1-4H3. The van der Waals surface area contributed by atoms with E-state index in [0.717, 1.165) is 6.54 Å². The van der Waals surface area contributed by atoms with Gasteiger partial charge in [-0.05, 0) is 38.9 Å². The quantitative estimate of drug-likeness (QED) is 0.894. The molecule has 0 saturated carbocycles. The molecule has 1 N–H and O–H groups in total. The maximum atomic E-state index is 4.29. The zero-order chi connectivity index (χ0) is 13.2. The molecule has 1 aromatic heterocycles. The van der Waals surface area contributed by atoms with Crippen molar-refractivity contribution in [3.63, 3.8) is 0 Å². The Morgan fingerprint density at radius 3 is 2.67 bits per heavy atom. The number of imidazole rings is 1. The molecular formula is C15H21N3. The molecule has 2 aromatic rings. The summed E-state index contributed by atoms with van der Waals surface area (Å²) in [5.74, 6) is 0. The molecular weight excluding hydrogens is 222 g/mol. The topological polar surface area (TPSA) is 29.9 Å². The van der Waals surface area contributed by atoms with Gasteiger partial charge in [-0.25, -0.2) is 4.98 Å². The molecule has 18 heavy (non-hydrogen) atoms. The van der Waals surface area contributed by atoms with E-state index in [9.17, 15) is 0 Å². The average Bonchev–Trinajstić information content (AvgIpc) is 2.81. The molecule has 2 rings (SSSR count). The SMILES string of the molecule is CNC(C)(C)c1cncn1Cc1ccccc1C. The smallest absolute Gasteiger partial charge is 0.0951 e. The molecule has 3 heteroatoms. The lowest BCUT2D eigenvalue weighted by atomic mass is 10.0. The van der Waals surface area contributed by atoms with Crippen molar-refractivity contribution in [3.8, 4) is 0 Å².